The molecule has 0 aliphatic carbocycles. The van der Waals surface area contributed by atoms with Gasteiger partial charge in [0.05, 0.1) is 12.8 Å². The maximum atomic E-state index is 10.7. The van der Waals surface area contributed by atoms with E-state index in [0.717, 1.165) is 12.8 Å². The number of carbonyl (C=O) groups is 2. The van der Waals surface area contributed by atoms with E-state index in [4.69, 9.17) is 10.2 Å². The van der Waals surface area contributed by atoms with Crippen LogP contribution in [-0.2, 0) is 9.59 Å². The standard InChI is InChI=1S/C24H45NO4/c1-2-3-4-5-6-7-8-9-10-11-12-13-14-15-16-17-20-25(21-18-23(26)27)22-19-24(28)29/h17,20H,2-16,18-19,21-22H2,1H3,(H,26,27)(H,28,29). The van der Waals surface area contributed by atoms with Crippen molar-refractivity contribution in [2.75, 3.05) is 13.1 Å². The van der Waals surface area contributed by atoms with Crippen LogP contribution < -0.4 is 0 Å². The molecule has 0 saturated carbocycles. The lowest BCUT2D eigenvalue weighted by Crippen LogP contribution is -2.23. The number of carboxylic acids is 2. The highest BCUT2D eigenvalue weighted by molar-refractivity contribution is 5.67. The van der Waals surface area contributed by atoms with Gasteiger partial charge in [-0.05, 0) is 19.0 Å². The van der Waals surface area contributed by atoms with Crippen molar-refractivity contribution in [3.63, 3.8) is 0 Å². The van der Waals surface area contributed by atoms with Gasteiger partial charge in [-0.3, -0.25) is 9.59 Å². The molecule has 0 aromatic heterocycles. The van der Waals surface area contributed by atoms with Crippen molar-refractivity contribution in [3.05, 3.63) is 12.3 Å². The lowest BCUT2D eigenvalue weighted by molar-refractivity contribution is -0.137. The van der Waals surface area contributed by atoms with Crippen LogP contribution in [0, 0.1) is 0 Å². The monoisotopic (exact) mass is 411 g/mol. The van der Waals surface area contributed by atoms with Crippen molar-refractivity contribution >= 4 is 11.9 Å². The first-order valence-electron chi connectivity index (χ1n) is 11.9. The van der Waals surface area contributed by atoms with E-state index >= 15 is 0 Å². The molecule has 0 rings (SSSR count). The van der Waals surface area contributed by atoms with Gasteiger partial charge in [-0.2, -0.15) is 0 Å². The predicted octanol–water partition coefficient (Wildman–Crippen LogP) is 6.62. The molecule has 0 aromatic rings. The Balaban J connectivity index is 3.53. The van der Waals surface area contributed by atoms with Crippen LogP contribution in [0.25, 0.3) is 0 Å². The van der Waals surface area contributed by atoms with E-state index in [2.05, 4.69) is 6.92 Å². The molecule has 0 spiro atoms. The maximum absolute atomic E-state index is 10.7. The third kappa shape index (κ3) is 22.6. The van der Waals surface area contributed by atoms with Crippen LogP contribution >= 0.6 is 0 Å². The van der Waals surface area contributed by atoms with Crippen LogP contribution in [0.3, 0.4) is 0 Å². The van der Waals surface area contributed by atoms with Crippen molar-refractivity contribution < 1.29 is 19.8 Å². The van der Waals surface area contributed by atoms with Crippen LogP contribution in [0.4, 0.5) is 0 Å². The van der Waals surface area contributed by atoms with Crippen molar-refractivity contribution in [1.82, 2.24) is 4.90 Å². The first kappa shape index (κ1) is 27.5. The van der Waals surface area contributed by atoms with E-state index in [1.165, 1.54) is 83.5 Å². The minimum atomic E-state index is -0.856. The SMILES string of the molecule is CCCCCCCCCCCCCCCCC=CN(CCC(=O)O)CCC(=O)O. The van der Waals surface area contributed by atoms with Crippen LogP contribution in [0.2, 0.25) is 0 Å². The maximum Gasteiger partial charge on any atom is 0.305 e. The molecule has 5 nitrogen and oxygen atoms in total. The average Bonchev–Trinajstić information content (AvgIpc) is 2.68. The minimum Gasteiger partial charge on any atom is -0.481 e. The first-order valence-corrected chi connectivity index (χ1v) is 11.9. The summed E-state index contributed by atoms with van der Waals surface area (Å²) in [6, 6.07) is 0. The number of allylic oxidation sites excluding steroid dienone is 1. The Labute approximate surface area is 178 Å². The van der Waals surface area contributed by atoms with Gasteiger partial charge in [-0.25, -0.2) is 0 Å². The van der Waals surface area contributed by atoms with Crippen molar-refractivity contribution in [2.45, 2.75) is 116 Å². The topological polar surface area (TPSA) is 77.8 Å². The predicted molar refractivity (Wildman–Crippen MR) is 120 cm³/mol. The zero-order valence-corrected chi connectivity index (χ0v) is 18.7. The van der Waals surface area contributed by atoms with Gasteiger partial charge in [0, 0.05) is 13.1 Å². The van der Waals surface area contributed by atoms with Crippen LogP contribution in [0.5, 0.6) is 0 Å². The zero-order chi connectivity index (χ0) is 21.6. The third-order valence-corrected chi connectivity index (χ3v) is 5.27. The lowest BCUT2D eigenvalue weighted by Gasteiger charge is -2.18. The van der Waals surface area contributed by atoms with E-state index in [0.29, 0.717) is 13.1 Å². The van der Waals surface area contributed by atoms with Gasteiger partial charge in [0.15, 0.2) is 0 Å². The smallest absolute Gasteiger partial charge is 0.305 e. The van der Waals surface area contributed by atoms with Gasteiger partial charge in [0.25, 0.3) is 0 Å². The van der Waals surface area contributed by atoms with Gasteiger partial charge < -0.3 is 15.1 Å². The number of carboxylic acid groups (broad SMARTS) is 2. The van der Waals surface area contributed by atoms with Gasteiger partial charge in [0.2, 0.25) is 0 Å². The van der Waals surface area contributed by atoms with Crippen molar-refractivity contribution in [2.24, 2.45) is 0 Å². The van der Waals surface area contributed by atoms with E-state index < -0.39 is 11.9 Å². The number of rotatable bonds is 22. The van der Waals surface area contributed by atoms with Crippen molar-refractivity contribution in [1.29, 1.82) is 0 Å². The van der Waals surface area contributed by atoms with Gasteiger partial charge in [-0.15, -0.1) is 0 Å². The summed E-state index contributed by atoms with van der Waals surface area (Å²) in [5.74, 6) is -1.71. The van der Waals surface area contributed by atoms with Crippen LogP contribution in [0.1, 0.15) is 116 Å². The molecular weight excluding hydrogens is 366 g/mol. The second-order valence-corrected chi connectivity index (χ2v) is 8.09. The zero-order valence-electron chi connectivity index (χ0n) is 18.7. The fourth-order valence-electron chi connectivity index (χ4n) is 3.42. The summed E-state index contributed by atoms with van der Waals surface area (Å²) in [5.41, 5.74) is 0. The Hall–Kier alpha value is -1.52. The molecule has 29 heavy (non-hydrogen) atoms. The van der Waals surface area contributed by atoms with E-state index in [9.17, 15) is 9.59 Å². The molecular formula is C24H45NO4. The van der Waals surface area contributed by atoms with Gasteiger partial charge in [-0.1, -0.05) is 96.5 Å². The molecule has 0 fully saturated rings. The average molecular weight is 412 g/mol. The minimum absolute atomic E-state index is 0.0306. The normalized spacial score (nSPS) is 11.2. The second-order valence-electron chi connectivity index (χ2n) is 8.09. The number of hydrogen-bond acceptors (Lipinski definition) is 3. The summed E-state index contributed by atoms with van der Waals surface area (Å²) >= 11 is 0. The second kappa shape index (κ2) is 21.2. The summed E-state index contributed by atoms with van der Waals surface area (Å²) in [5, 5.41) is 17.6. The molecule has 0 aliphatic rings. The van der Waals surface area contributed by atoms with Crippen molar-refractivity contribution in [3.8, 4) is 0 Å². The molecule has 0 aromatic carbocycles. The Kier molecular flexibility index (Phi) is 20.1. The molecule has 0 saturated heterocycles. The summed E-state index contributed by atoms with van der Waals surface area (Å²) in [7, 11) is 0. The molecule has 170 valence electrons. The molecule has 5 heteroatoms. The Morgan fingerprint density at radius 2 is 1.03 bits per heavy atom. The fraction of sp³-hybridized carbons (Fsp3) is 0.833. The largest absolute Gasteiger partial charge is 0.481 e. The highest BCUT2D eigenvalue weighted by Gasteiger charge is 2.05. The lowest BCUT2D eigenvalue weighted by atomic mass is 10.0. The molecule has 0 amide bonds. The van der Waals surface area contributed by atoms with Gasteiger partial charge in [0.1, 0.15) is 0 Å². The molecule has 2 N–H and O–H groups in total. The van der Waals surface area contributed by atoms with E-state index in [-0.39, 0.29) is 12.8 Å². The summed E-state index contributed by atoms with van der Waals surface area (Å²) < 4.78 is 0. The molecule has 0 aliphatic heterocycles. The summed E-state index contributed by atoms with van der Waals surface area (Å²) in [4.78, 5) is 23.2. The number of unbranched alkanes of at least 4 members (excludes halogenated alkanes) is 14. The molecule has 0 heterocycles. The number of hydrogen-bond donors (Lipinski definition) is 2. The molecule has 0 atom stereocenters. The third-order valence-electron chi connectivity index (χ3n) is 5.27. The number of aliphatic carboxylic acids is 2. The highest BCUT2D eigenvalue weighted by atomic mass is 16.4. The quantitative estimate of drug-likeness (QED) is 0.196. The van der Waals surface area contributed by atoms with Crippen LogP contribution in [-0.4, -0.2) is 40.1 Å². The van der Waals surface area contributed by atoms with Crippen LogP contribution in [0.15, 0.2) is 12.3 Å². The summed E-state index contributed by atoms with van der Waals surface area (Å²) in [6.07, 6.45) is 23.8. The summed E-state index contributed by atoms with van der Waals surface area (Å²) in [6.45, 7) is 2.98. The number of nitrogens with zero attached hydrogens (tertiary/aromatic N) is 1. The highest BCUT2D eigenvalue weighted by Crippen LogP contribution is 2.13. The van der Waals surface area contributed by atoms with Gasteiger partial charge >= 0.3 is 11.9 Å². The van der Waals surface area contributed by atoms with E-state index in [1.54, 1.807) is 4.90 Å². The molecule has 0 radical (unpaired) electrons. The van der Waals surface area contributed by atoms with E-state index in [1.807, 2.05) is 12.3 Å². The first-order chi connectivity index (χ1) is 14.1. The molecule has 0 bridgehead atoms. The Morgan fingerprint density at radius 3 is 1.41 bits per heavy atom. The fourth-order valence-corrected chi connectivity index (χ4v) is 3.42. The Bertz CT molecular complexity index is 405. The Morgan fingerprint density at radius 1 is 0.655 bits per heavy atom. The molecule has 0 unspecified atom stereocenters.